The van der Waals surface area contributed by atoms with Crippen molar-refractivity contribution in [1.82, 2.24) is 4.98 Å². The van der Waals surface area contributed by atoms with Crippen LogP contribution in [0.2, 0.25) is 0 Å². The maximum atomic E-state index is 4.54. The highest BCUT2D eigenvalue weighted by molar-refractivity contribution is 7.15. The number of nitrogens with one attached hydrogen (secondary N) is 1. The molecule has 2 nitrogen and oxygen atoms in total. The van der Waals surface area contributed by atoms with Crippen molar-refractivity contribution in [2.24, 2.45) is 0 Å². The van der Waals surface area contributed by atoms with E-state index in [0.29, 0.717) is 0 Å². The maximum absolute atomic E-state index is 4.54. The zero-order valence-corrected chi connectivity index (χ0v) is 12.7. The second-order valence-electron chi connectivity index (χ2n) is 5.60. The molecule has 3 heteroatoms. The van der Waals surface area contributed by atoms with Crippen LogP contribution >= 0.6 is 11.3 Å². The van der Waals surface area contributed by atoms with Crippen molar-refractivity contribution in [2.45, 2.75) is 51.0 Å². The number of benzene rings is 1. The van der Waals surface area contributed by atoms with Gasteiger partial charge in [0.05, 0.1) is 0 Å². The zero-order chi connectivity index (χ0) is 13.6. The molecule has 1 N–H and O–H groups in total. The fraction of sp³-hybridized carbons (Fsp3) is 0.471. The number of aromatic nitrogens is 1. The fourth-order valence-electron chi connectivity index (χ4n) is 2.89. The van der Waals surface area contributed by atoms with Gasteiger partial charge in [-0.1, -0.05) is 56.0 Å². The Balaban J connectivity index is 1.58. The number of hydrogen-bond acceptors (Lipinski definition) is 3. The molecule has 3 rings (SSSR count). The van der Waals surface area contributed by atoms with Gasteiger partial charge in [0.25, 0.3) is 0 Å². The molecule has 0 unspecified atom stereocenters. The molecule has 0 amide bonds. The summed E-state index contributed by atoms with van der Waals surface area (Å²) in [6.07, 6.45) is 10.4. The number of thiazole rings is 1. The molecule has 1 aliphatic rings. The Morgan fingerprint density at radius 3 is 2.55 bits per heavy atom. The summed E-state index contributed by atoms with van der Waals surface area (Å²) in [6, 6.07) is 10.5. The maximum Gasteiger partial charge on any atom is 0.183 e. The van der Waals surface area contributed by atoms with Crippen LogP contribution in [-0.2, 0) is 6.54 Å². The molecule has 1 aliphatic carbocycles. The molecule has 1 heterocycles. The summed E-state index contributed by atoms with van der Waals surface area (Å²) >= 11 is 1.85. The largest absolute Gasteiger partial charge is 0.357 e. The van der Waals surface area contributed by atoms with Crippen LogP contribution in [0.25, 0.3) is 0 Å². The number of hydrogen-bond donors (Lipinski definition) is 1. The molecule has 0 aliphatic heterocycles. The molecule has 0 atom stereocenters. The van der Waals surface area contributed by atoms with Crippen molar-refractivity contribution in [2.75, 3.05) is 5.32 Å². The first kappa shape index (κ1) is 13.6. The summed E-state index contributed by atoms with van der Waals surface area (Å²) in [6.45, 7) is 0.860. The van der Waals surface area contributed by atoms with Gasteiger partial charge >= 0.3 is 0 Å². The van der Waals surface area contributed by atoms with Crippen molar-refractivity contribution in [3.8, 4) is 0 Å². The van der Waals surface area contributed by atoms with E-state index in [1.165, 1.54) is 49.0 Å². The summed E-state index contributed by atoms with van der Waals surface area (Å²) in [5.41, 5.74) is 1.30. The minimum absolute atomic E-state index is 0.752. The summed E-state index contributed by atoms with van der Waals surface area (Å²) in [7, 11) is 0. The van der Waals surface area contributed by atoms with Crippen LogP contribution in [0.5, 0.6) is 0 Å². The summed E-state index contributed by atoms with van der Waals surface area (Å²) < 4.78 is 0. The van der Waals surface area contributed by atoms with Gasteiger partial charge in [-0.3, -0.25) is 0 Å². The van der Waals surface area contributed by atoms with Gasteiger partial charge in [0.2, 0.25) is 0 Å². The molecule has 0 saturated heterocycles. The average Bonchev–Trinajstić information content (AvgIpc) is 2.80. The number of rotatable bonds is 4. The van der Waals surface area contributed by atoms with Gasteiger partial charge in [-0.2, -0.15) is 0 Å². The molecule has 0 radical (unpaired) electrons. The van der Waals surface area contributed by atoms with Gasteiger partial charge in [-0.05, 0) is 24.3 Å². The molecule has 1 aromatic carbocycles. The lowest BCUT2D eigenvalue weighted by Gasteiger charge is -2.10. The predicted octanol–water partition coefficient (Wildman–Crippen LogP) is 5.19. The first-order valence-corrected chi connectivity index (χ1v) is 8.47. The summed E-state index contributed by atoms with van der Waals surface area (Å²) in [5, 5.41) is 4.51. The van der Waals surface area contributed by atoms with E-state index in [4.69, 9.17) is 0 Å². The Morgan fingerprint density at radius 2 is 1.80 bits per heavy atom. The van der Waals surface area contributed by atoms with Crippen LogP contribution in [0.1, 0.15) is 54.9 Å². The molecule has 1 fully saturated rings. The first-order valence-electron chi connectivity index (χ1n) is 7.65. The Labute approximate surface area is 125 Å². The van der Waals surface area contributed by atoms with Crippen molar-refractivity contribution in [3.05, 3.63) is 47.0 Å². The predicted molar refractivity (Wildman–Crippen MR) is 86.3 cm³/mol. The standard InChI is InChI=1S/C17H22N2S/c1-2-7-11-15(10-6-1)16-13-19-17(20-16)18-12-14-8-4-3-5-9-14/h3-5,8-9,13,15H,1-2,6-7,10-12H2,(H,18,19). The van der Waals surface area contributed by atoms with Gasteiger partial charge in [0, 0.05) is 17.6 Å². The molecule has 0 spiro atoms. The number of nitrogens with zero attached hydrogens (tertiary/aromatic N) is 1. The third-order valence-corrected chi connectivity index (χ3v) is 5.19. The van der Waals surface area contributed by atoms with E-state index in [1.54, 1.807) is 0 Å². The van der Waals surface area contributed by atoms with E-state index >= 15 is 0 Å². The zero-order valence-electron chi connectivity index (χ0n) is 11.8. The lowest BCUT2D eigenvalue weighted by atomic mass is 9.99. The lowest BCUT2D eigenvalue weighted by Crippen LogP contribution is -1.97. The monoisotopic (exact) mass is 286 g/mol. The van der Waals surface area contributed by atoms with Gasteiger partial charge in [0.1, 0.15) is 0 Å². The second-order valence-corrected chi connectivity index (χ2v) is 6.66. The van der Waals surface area contributed by atoms with Gasteiger partial charge < -0.3 is 5.32 Å². The van der Waals surface area contributed by atoms with Crippen LogP contribution < -0.4 is 5.32 Å². The van der Waals surface area contributed by atoms with Crippen molar-refractivity contribution >= 4 is 16.5 Å². The van der Waals surface area contributed by atoms with Crippen LogP contribution in [-0.4, -0.2) is 4.98 Å². The van der Waals surface area contributed by atoms with Crippen LogP contribution in [0, 0.1) is 0 Å². The molecule has 0 bridgehead atoms. The number of anilines is 1. The van der Waals surface area contributed by atoms with Gasteiger partial charge in [-0.15, -0.1) is 11.3 Å². The molecule has 20 heavy (non-hydrogen) atoms. The average molecular weight is 286 g/mol. The van der Waals surface area contributed by atoms with Gasteiger partial charge in [0.15, 0.2) is 5.13 Å². The first-order chi connectivity index (χ1) is 9.92. The molecule has 2 aromatic rings. The third-order valence-electron chi connectivity index (χ3n) is 4.07. The Kier molecular flexibility index (Phi) is 4.69. The van der Waals surface area contributed by atoms with Crippen LogP contribution in [0.3, 0.4) is 0 Å². The van der Waals surface area contributed by atoms with E-state index in [1.807, 2.05) is 11.3 Å². The highest BCUT2D eigenvalue weighted by atomic mass is 32.1. The van der Waals surface area contributed by atoms with E-state index in [9.17, 15) is 0 Å². The van der Waals surface area contributed by atoms with E-state index in [-0.39, 0.29) is 0 Å². The fourth-order valence-corrected chi connectivity index (χ4v) is 3.88. The molecular weight excluding hydrogens is 264 g/mol. The molecule has 1 aromatic heterocycles. The quantitative estimate of drug-likeness (QED) is 0.782. The van der Waals surface area contributed by atoms with Crippen LogP contribution in [0.15, 0.2) is 36.5 Å². The molecule has 1 saturated carbocycles. The SMILES string of the molecule is c1ccc(CNc2ncc(C3CCCCCC3)s2)cc1. The second kappa shape index (κ2) is 6.89. The topological polar surface area (TPSA) is 24.9 Å². The van der Waals surface area contributed by atoms with Crippen molar-refractivity contribution in [1.29, 1.82) is 0 Å². The normalized spacial score (nSPS) is 16.8. The van der Waals surface area contributed by atoms with E-state index in [0.717, 1.165) is 17.6 Å². The van der Waals surface area contributed by atoms with Crippen molar-refractivity contribution in [3.63, 3.8) is 0 Å². The van der Waals surface area contributed by atoms with E-state index in [2.05, 4.69) is 46.8 Å². The Hall–Kier alpha value is -1.35. The van der Waals surface area contributed by atoms with E-state index < -0.39 is 0 Å². The van der Waals surface area contributed by atoms with Crippen LogP contribution in [0.4, 0.5) is 5.13 Å². The summed E-state index contributed by atoms with van der Waals surface area (Å²) in [5.74, 6) is 0.752. The molecular formula is C17H22N2S. The minimum atomic E-state index is 0.752. The third kappa shape index (κ3) is 3.60. The van der Waals surface area contributed by atoms with Crippen molar-refractivity contribution < 1.29 is 0 Å². The Bertz CT molecular complexity index is 513. The van der Waals surface area contributed by atoms with Gasteiger partial charge in [-0.25, -0.2) is 4.98 Å². The highest BCUT2D eigenvalue weighted by Gasteiger charge is 2.16. The minimum Gasteiger partial charge on any atom is -0.357 e. The highest BCUT2D eigenvalue weighted by Crippen LogP contribution is 2.35. The lowest BCUT2D eigenvalue weighted by molar-refractivity contribution is 0.601. The Morgan fingerprint density at radius 1 is 1.05 bits per heavy atom. The molecule has 106 valence electrons. The summed E-state index contributed by atoms with van der Waals surface area (Å²) in [4.78, 5) is 6.02. The smallest absolute Gasteiger partial charge is 0.183 e.